The molecule has 1 aliphatic heterocycles. The second-order valence-corrected chi connectivity index (χ2v) is 7.52. The van der Waals surface area contributed by atoms with Crippen molar-refractivity contribution in [1.82, 2.24) is 10.2 Å². The highest BCUT2D eigenvalue weighted by molar-refractivity contribution is 5.99. The summed E-state index contributed by atoms with van der Waals surface area (Å²) in [6, 6.07) is 15.7. The number of esters is 1. The standard InChI is InChI=1S/C24H28N2O5/c1-3-17(2)31-22(27)15-21-23(28)25-12-13-26(21)24(29)19-10-7-11-20(14-19)30-16-18-8-5-4-6-9-18/h4-11,14,17,21H,3,12-13,15-16H2,1-2H3,(H,25,28). The van der Waals surface area contributed by atoms with Crippen LogP contribution in [0, 0.1) is 0 Å². The van der Waals surface area contributed by atoms with Gasteiger partial charge in [0.15, 0.2) is 0 Å². The van der Waals surface area contributed by atoms with Crippen LogP contribution in [0.4, 0.5) is 0 Å². The summed E-state index contributed by atoms with van der Waals surface area (Å²) >= 11 is 0. The van der Waals surface area contributed by atoms with E-state index in [4.69, 9.17) is 9.47 Å². The van der Waals surface area contributed by atoms with Crippen LogP contribution in [0.5, 0.6) is 5.75 Å². The van der Waals surface area contributed by atoms with Gasteiger partial charge in [0.25, 0.3) is 5.91 Å². The van der Waals surface area contributed by atoms with E-state index >= 15 is 0 Å². The maximum absolute atomic E-state index is 13.2. The van der Waals surface area contributed by atoms with Gasteiger partial charge >= 0.3 is 5.97 Å². The first-order valence-electron chi connectivity index (χ1n) is 10.5. The van der Waals surface area contributed by atoms with E-state index in [1.165, 1.54) is 4.90 Å². The zero-order valence-corrected chi connectivity index (χ0v) is 17.9. The molecular weight excluding hydrogens is 396 g/mol. The van der Waals surface area contributed by atoms with Crippen LogP contribution in [0.1, 0.15) is 42.6 Å². The summed E-state index contributed by atoms with van der Waals surface area (Å²) in [7, 11) is 0. The lowest BCUT2D eigenvalue weighted by atomic mass is 10.1. The van der Waals surface area contributed by atoms with Crippen molar-refractivity contribution in [1.29, 1.82) is 0 Å². The second kappa shape index (κ2) is 10.6. The van der Waals surface area contributed by atoms with E-state index in [0.29, 0.717) is 37.4 Å². The summed E-state index contributed by atoms with van der Waals surface area (Å²) in [5.41, 5.74) is 1.42. The van der Waals surface area contributed by atoms with Crippen molar-refractivity contribution in [2.45, 2.75) is 45.4 Å². The van der Waals surface area contributed by atoms with Gasteiger partial charge in [-0.3, -0.25) is 14.4 Å². The molecule has 2 unspecified atom stereocenters. The normalized spacial score (nSPS) is 16.9. The predicted molar refractivity (Wildman–Crippen MR) is 116 cm³/mol. The van der Waals surface area contributed by atoms with E-state index in [-0.39, 0.29) is 24.3 Å². The van der Waals surface area contributed by atoms with Crippen LogP contribution in [0.2, 0.25) is 0 Å². The first kappa shape index (κ1) is 22.3. The Morgan fingerprint density at radius 1 is 1.16 bits per heavy atom. The number of rotatable bonds is 8. The highest BCUT2D eigenvalue weighted by atomic mass is 16.5. The molecule has 1 saturated heterocycles. The topological polar surface area (TPSA) is 84.9 Å². The van der Waals surface area contributed by atoms with E-state index < -0.39 is 12.0 Å². The maximum Gasteiger partial charge on any atom is 0.308 e. The number of ether oxygens (including phenoxy) is 2. The molecule has 1 N–H and O–H groups in total. The molecule has 0 aliphatic carbocycles. The highest BCUT2D eigenvalue weighted by Gasteiger charge is 2.35. The summed E-state index contributed by atoms with van der Waals surface area (Å²) < 4.78 is 11.1. The smallest absolute Gasteiger partial charge is 0.308 e. The maximum atomic E-state index is 13.2. The molecule has 1 heterocycles. The van der Waals surface area contributed by atoms with Gasteiger partial charge in [-0.1, -0.05) is 43.3 Å². The third-order valence-corrected chi connectivity index (χ3v) is 5.19. The van der Waals surface area contributed by atoms with Gasteiger partial charge in [-0.25, -0.2) is 0 Å². The molecule has 164 valence electrons. The molecule has 7 nitrogen and oxygen atoms in total. The summed E-state index contributed by atoms with van der Waals surface area (Å²) in [5, 5.41) is 2.73. The van der Waals surface area contributed by atoms with E-state index in [1.54, 1.807) is 31.2 Å². The molecule has 31 heavy (non-hydrogen) atoms. The largest absolute Gasteiger partial charge is 0.489 e. The number of piperazine rings is 1. The first-order valence-corrected chi connectivity index (χ1v) is 10.5. The number of nitrogens with one attached hydrogen (secondary N) is 1. The van der Waals surface area contributed by atoms with Crippen LogP contribution in [-0.4, -0.2) is 47.9 Å². The Hall–Kier alpha value is -3.35. The number of hydrogen-bond acceptors (Lipinski definition) is 5. The van der Waals surface area contributed by atoms with E-state index in [0.717, 1.165) is 5.56 Å². The van der Waals surface area contributed by atoms with Crippen molar-refractivity contribution < 1.29 is 23.9 Å². The van der Waals surface area contributed by atoms with Gasteiger partial charge in [0, 0.05) is 18.7 Å². The first-order chi connectivity index (χ1) is 15.0. The van der Waals surface area contributed by atoms with Crippen LogP contribution in [0.3, 0.4) is 0 Å². The van der Waals surface area contributed by atoms with Crippen molar-refractivity contribution in [2.75, 3.05) is 13.1 Å². The summed E-state index contributed by atoms with van der Waals surface area (Å²) in [6.07, 6.45) is 0.273. The molecule has 1 aliphatic rings. The average molecular weight is 424 g/mol. The van der Waals surface area contributed by atoms with Crippen LogP contribution < -0.4 is 10.1 Å². The molecule has 0 radical (unpaired) electrons. The second-order valence-electron chi connectivity index (χ2n) is 7.52. The number of benzene rings is 2. The van der Waals surface area contributed by atoms with Crippen LogP contribution in [-0.2, 0) is 20.9 Å². The molecule has 0 bridgehead atoms. The third kappa shape index (κ3) is 6.07. The van der Waals surface area contributed by atoms with Crippen molar-refractivity contribution in [3.8, 4) is 5.75 Å². The minimum Gasteiger partial charge on any atom is -0.489 e. The fourth-order valence-corrected chi connectivity index (χ4v) is 3.30. The Bertz CT molecular complexity index is 915. The lowest BCUT2D eigenvalue weighted by Crippen LogP contribution is -2.57. The van der Waals surface area contributed by atoms with Gasteiger partial charge in [-0.15, -0.1) is 0 Å². The molecule has 2 amide bonds. The van der Waals surface area contributed by atoms with Crippen LogP contribution in [0.25, 0.3) is 0 Å². The lowest BCUT2D eigenvalue weighted by molar-refractivity contribution is -0.151. The van der Waals surface area contributed by atoms with Gasteiger partial charge in [0.2, 0.25) is 5.91 Å². The van der Waals surface area contributed by atoms with E-state index in [9.17, 15) is 14.4 Å². The molecule has 0 saturated carbocycles. The fraction of sp³-hybridized carbons (Fsp3) is 0.375. The molecule has 3 rings (SSSR count). The molecule has 1 fully saturated rings. The van der Waals surface area contributed by atoms with E-state index in [2.05, 4.69) is 5.32 Å². The van der Waals surface area contributed by atoms with Crippen molar-refractivity contribution in [2.24, 2.45) is 0 Å². The Morgan fingerprint density at radius 2 is 1.94 bits per heavy atom. The lowest BCUT2D eigenvalue weighted by Gasteiger charge is -2.34. The number of hydrogen-bond donors (Lipinski definition) is 1. The highest BCUT2D eigenvalue weighted by Crippen LogP contribution is 2.20. The van der Waals surface area contributed by atoms with Gasteiger partial charge in [0.1, 0.15) is 18.4 Å². The third-order valence-electron chi connectivity index (χ3n) is 5.19. The van der Waals surface area contributed by atoms with Gasteiger partial charge in [-0.2, -0.15) is 0 Å². The van der Waals surface area contributed by atoms with Crippen molar-refractivity contribution >= 4 is 17.8 Å². The minimum atomic E-state index is -0.897. The zero-order valence-electron chi connectivity index (χ0n) is 17.9. The van der Waals surface area contributed by atoms with Crippen LogP contribution in [0.15, 0.2) is 54.6 Å². The SMILES string of the molecule is CCC(C)OC(=O)CC1C(=O)NCCN1C(=O)c1cccc(OCc2ccccc2)c1. The monoisotopic (exact) mass is 424 g/mol. The molecule has 2 atom stereocenters. The Morgan fingerprint density at radius 3 is 2.68 bits per heavy atom. The quantitative estimate of drug-likeness (QED) is 0.659. The molecule has 2 aromatic rings. The van der Waals surface area contributed by atoms with Gasteiger partial charge in [-0.05, 0) is 37.1 Å². The van der Waals surface area contributed by atoms with Crippen LogP contribution >= 0.6 is 0 Å². The number of carbonyl (C=O) groups excluding carboxylic acids is 3. The minimum absolute atomic E-state index is 0.174. The number of carbonyl (C=O) groups is 3. The summed E-state index contributed by atoms with van der Waals surface area (Å²) in [4.78, 5) is 39.3. The van der Waals surface area contributed by atoms with Crippen molar-refractivity contribution in [3.05, 3.63) is 65.7 Å². The molecular formula is C24H28N2O5. The molecule has 2 aromatic carbocycles. The predicted octanol–water partition coefficient (Wildman–Crippen LogP) is 2.94. The summed E-state index contributed by atoms with van der Waals surface area (Å²) in [5.74, 6) is -0.600. The average Bonchev–Trinajstić information content (AvgIpc) is 2.79. The Kier molecular flexibility index (Phi) is 7.65. The van der Waals surface area contributed by atoms with Gasteiger partial charge < -0.3 is 19.7 Å². The molecule has 0 aromatic heterocycles. The Balaban J connectivity index is 1.70. The van der Waals surface area contributed by atoms with E-state index in [1.807, 2.05) is 37.3 Å². The number of amides is 2. The summed E-state index contributed by atoms with van der Waals surface area (Å²) in [6.45, 7) is 4.75. The number of nitrogens with zero attached hydrogens (tertiary/aromatic N) is 1. The fourth-order valence-electron chi connectivity index (χ4n) is 3.30. The zero-order chi connectivity index (χ0) is 22.2. The molecule has 0 spiro atoms. The van der Waals surface area contributed by atoms with Gasteiger partial charge in [0.05, 0.1) is 12.5 Å². The Labute approximate surface area is 182 Å². The van der Waals surface area contributed by atoms with Crippen molar-refractivity contribution in [3.63, 3.8) is 0 Å². The molecule has 7 heteroatoms.